The van der Waals surface area contributed by atoms with Crippen LogP contribution in [0.25, 0.3) is 0 Å². The Morgan fingerprint density at radius 3 is 1.23 bits per heavy atom. The first-order valence-corrected chi connectivity index (χ1v) is 14.6. The number of para-hydroxylation sites is 2. The van der Waals surface area contributed by atoms with Gasteiger partial charge in [-0.1, -0.05) is 94.2 Å². The smallest absolute Gasteiger partial charge is 0.119 e. The minimum atomic E-state index is 0.368. The van der Waals surface area contributed by atoms with Gasteiger partial charge in [-0.25, -0.2) is 0 Å². The monoisotopic (exact) mass is 475 g/mol. The van der Waals surface area contributed by atoms with Gasteiger partial charge in [-0.05, 0) is 37.1 Å². The molecule has 3 heteroatoms. The third-order valence-corrected chi connectivity index (χ3v) is 8.57. The van der Waals surface area contributed by atoms with Crippen LogP contribution in [0.3, 0.4) is 0 Å². The summed E-state index contributed by atoms with van der Waals surface area (Å²) in [6.07, 6.45) is 21.0. The predicted octanol–water partition coefficient (Wildman–Crippen LogP) is 8.18. The molecular weight excluding hydrogens is 430 g/mol. The molecule has 35 heavy (non-hydrogen) atoms. The van der Waals surface area contributed by atoms with Crippen molar-refractivity contribution in [3.63, 3.8) is 0 Å². The van der Waals surface area contributed by atoms with Crippen LogP contribution in [0.15, 0.2) is 60.7 Å². The van der Waals surface area contributed by atoms with Gasteiger partial charge < -0.3 is 9.47 Å². The third kappa shape index (κ3) is 7.03. The molecular formula is C32H45NO2. The van der Waals surface area contributed by atoms with Gasteiger partial charge >= 0.3 is 0 Å². The fourth-order valence-corrected chi connectivity index (χ4v) is 6.47. The lowest BCUT2D eigenvalue weighted by Gasteiger charge is -2.54. The topological polar surface area (TPSA) is 21.7 Å². The number of nitrogens with zero attached hydrogens (tertiary/aromatic N) is 1. The van der Waals surface area contributed by atoms with E-state index in [2.05, 4.69) is 65.6 Å². The lowest BCUT2D eigenvalue weighted by atomic mass is 9.79. The molecule has 0 unspecified atom stereocenters. The van der Waals surface area contributed by atoms with Gasteiger partial charge in [0.25, 0.3) is 0 Å². The first-order chi connectivity index (χ1) is 17.3. The summed E-state index contributed by atoms with van der Waals surface area (Å²) in [6.45, 7) is 0. The minimum absolute atomic E-state index is 0.368. The fourth-order valence-electron chi connectivity index (χ4n) is 6.47. The molecule has 0 radical (unpaired) electrons. The Kier molecular flexibility index (Phi) is 9.03. The highest BCUT2D eigenvalue weighted by molar-refractivity contribution is 5.23. The van der Waals surface area contributed by atoms with E-state index in [1.54, 1.807) is 0 Å². The van der Waals surface area contributed by atoms with Crippen molar-refractivity contribution in [2.24, 2.45) is 0 Å². The van der Waals surface area contributed by atoms with Crippen LogP contribution in [0.2, 0.25) is 0 Å². The molecule has 0 N–H and O–H groups in total. The van der Waals surface area contributed by atoms with Gasteiger partial charge in [0.1, 0.15) is 23.7 Å². The number of benzene rings is 2. The van der Waals surface area contributed by atoms with Crippen molar-refractivity contribution < 1.29 is 9.47 Å². The van der Waals surface area contributed by atoms with Crippen molar-refractivity contribution in [2.75, 3.05) is 0 Å². The number of ether oxygens (including phenoxy) is 2. The molecule has 190 valence electrons. The minimum Gasteiger partial charge on any atom is -0.490 e. The van der Waals surface area contributed by atoms with Crippen molar-refractivity contribution in [3.05, 3.63) is 60.7 Å². The largest absolute Gasteiger partial charge is 0.490 e. The van der Waals surface area contributed by atoms with E-state index in [9.17, 15) is 0 Å². The van der Waals surface area contributed by atoms with Crippen molar-refractivity contribution >= 4 is 0 Å². The normalized spacial score (nSPS) is 28.7. The molecule has 3 aliphatic carbocycles. The molecule has 2 aromatic rings. The maximum Gasteiger partial charge on any atom is 0.119 e. The zero-order valence-electron chi connectivity index (χ0n) is 21.5. The van der Waals surface area contributed by atoms with Crippen molar-refractivity contribution in [2.45, 2.75) is 127 Å². The predicted molar refractivity (Wildman–Crippen MR) is 144 cm³/mol. The highest BCUT2D eigenvalue weighted by atomic mass is 16.5. The van der Waals surface area contributed by atoms with E-state index < -0.39 is 0 Å². The Hall–Kier alpha value is -2.00. The molecule has 0 atom stereocenters. The number of hydrogen-bond acceptors (Lipinski definition) is 3. The van der Waals surface area contributed by atoms with Gasteiger partial charge in [0, 0.05) is 43.8 Å². The molecule has 3 nitrogen and oxygen atoms in total. The standard InChI is InChI=1S/C32H45NO2/c1-2-4-6-10-16-26(17-11-7-5-3-1)33(27-22-31(23-27)34-29-18-12-8-13-19-29)28-24-32(25-28)35-30-20-14-9-15-21-30/h8-9,12-15,18-21,26-28,31-32H,1-7,10-11,16-17,22-25H2. The van der Waals surface area contributed by atoms with Crippen LogP contribution in [0.1, 0.15) is 96.3 Å². The van der Waals surface area contributed by atoms with Crippen molar-refractivity contribution in [1.82, 2.24) is 4.90 Å². The lowest BCUT2D eigenvalue weighted by molar-refractivity contribution is -0.0787. The summed E-state index contributed by atoms with van der Waals surface area (Å²) in [5, 5.41) is 0. The molecule has 0 spiro atoms. The zero-order valence-corrected chi connectivity index (χ0v) is 21.5. The summed E-state index contributed by atoms with van der Waals surface area (Å²) >= 11 is 0. The Morgan fingerprint density at radius 1 is 0.457 bits per heavy atom. The fraction of sp³-hybridized carbons (Fsp3) is 0.625. The SMILES string of the molecule is c1ccc(OC2CC(N(C3CCCCCCCCCCC3)C3CC(Oc4ccccc4)C3)C2)cc1. The van der Waals surface area contributed by atoms with E-state index in [-0.39, 0.29) is 0 Å². The van der Waals surface area contributed by atoms with E-state index in [0.717, 1.165) is 17.5 Å². The Labute approximate surface area is 213 Å². The van der Waals surface area contributed by atoms with Crippen molar-refractivity contribution in [1.29, 1.82) is 0 Å². The first kappa shape index (κ1) is 24.7. The molecule has 3 fully saturated rings. The molecule has 3 aliphatic rings. The summed E-state index contributed by atoms with van der Waals surface area (Å²) in [5.74, 6) is 2.04. The Bertz CT molecular complexity index is 775. The van der Waals surface area contributed by atoms with E-state index in [1.165, 1.54) is 96.3 Å². The van der Waals surface area contributed by atoms with Crippen LogP contribution in [0.4, 0.5) is 0 Å². The molecule has 3 saturated carbocycles. The highest BCUT2D eigenvalue weighted by Gasteiger charge is 2.45. The van der Waals surface area contributed by atoms with E-state index in [1.807, 2.05) is 0 Å². The van der Waals surface area contributed by atoms with E-state index in [4.69, 9.17) is 9.47 Å². The summed E-state index contributed by atoms with van der Waals surface area (Å²) in [5.41, 5.74) is 0. The maximum absolute atomic E-state index is 6.31. The Morgan fingerprint density at radius 2 is 0.829 bits per heavy atom. The molecule has 2 aromatic carbocycles. The highest BCUT2D eigenvalue weighted by Crippen LogP contribution is 2.40. The van der Waals surface area contributed by atoms with Crippen LogP contribution in [-0.4, -0.2) is 35.2 Å². The average Bonchev–Trinajstić information content (AvgIpc) is 2.83. The summed E-state index contributed by atoms with van der Waals surface area (Å²) < 4.78 is 12.6. The van der Waals surface area contributed by atoms with Crippen molar-refractivity contribution in [3.8, 4) is 11.5 Å². The van der Waals surface area contributed by atoms with Crippen LogP contribution in [-0.2, 0) is 0 Å². The molecule has 0 aliphatic heterocycles. The molecule has 0 aromatic heterocycles. The maximum atomic E-state index is 6.31. The van der Waals surface area contributed by atoms with E-state index >= 15 is 0 Å². The number of hydrogen-bond donors (Lipinski definition) is 0. The van der Waals surface area contributed by atoms with Crippen LogP contribution in [0, 0.1) is 0 Å². The van der Waals surface area contributed by atoms with Gasteiger partial charge in [-0.15, -0.1) is 0 Å². The van der Waals surface area contributed by atoms with Gasteiger partial charge in [0.15, 0.2) is 0 Å². The third-order valence-electron chi connectivity index (χ3n) is 8.57. The second kappa shape index (κ2) is 12.8. The van der Waals surface area contributed by atoms with Crippen LogP contribution in [0.5, 0.6) is 11.5 Å². The molecule has 5 rings (SSSR count). The second-order valence-electron chi connectivity index (χ2n) is 11.2. The lowest BCUT2D eigenvalue weighted by Crippen LogP contribution is -2.61. The Balaban J connectivity index is 1.21. The molecule has 0 amide bonds. The quantitative estimate of drug-likeness (QED) is 0.403. The second-order valence-corrected chi connectivity index (χ2v) is 11.2. The van der Waals surface area contributed by atoms with Gasteiger partial charge in [-0.2, -0.15) is 0 Å². The van der Waals surface area contributed by atoms with E-state index in [0.29, 0.717) is 24.3 Å². The summed E-state index contributed by atoms with van der Waals surface area (Å²) in [6, 6.07) is 22.9. The van der Waals surface area contributed by atoms with Crippen LogP contribution < -0.4 is 9.47 Å². The average molecular weight is 476 g/mol. The zero-order chi connectivity index (χ0) is 23.7. The summed E-state index contributed by atoms with van der Waals surface area (Å²) in [7, 11) is 0. The summed E-state index contributed by atoms with van der Waals surface area (Å²) in [4.78, 5) is 2.97. The first-order valence-electron chi connectivity index (χ1n) is 14.6. The van der Waals surface area contributed by atoms with Gasteiger partial charge in [-0.3, -0.25) is 4.90 Å². The van der Waals surface area contributed by atoms with Gasteiger partial charge in [0.2, 0.25) is 0 Å². The van der Waals surface area contributed by atoms with Gasteiger partial charge in [0.05, 0.1) is 0 Å². The molecule has 0 saturated heterocycles. The number of rotatable bonds is 7. The molecule has 0 heterocycles. The molecule has 0 bridgehead atoms. The van der Waals surface area contributed by atoms with Crippen LogP contribution >= 0.6 is 0 Å².